The van der Waals surface area contributed by atoms with Gasteiger partial charge in [0.25, 0.3) is 5.91 Å². The van der Waals surface area contributed by atoms with Gasteiger partial charge in [0.2, 0.25) is 5.91 Å². The molecular weight excluding hydrogens is 332 g/mol. The van der Waals surface area contributed by atoms with Gasteiger partial charge in [-0.05, 0) is 56.7 Å². The van der Waals surface area contributed by atoms with Crippen LogP contribution in [0.4, 0.5) is 11.4 Å². The minimum atomic E-state index is -0.697. The highest BCUT2D eigenvalue weighted by Crippen LogP contribution is 2.35. The van der Waals surface area contributed by atoms with Gasteiger partial charge in [-0.3, -0.25) is 19.3 Å². The number of carbonyl (C=O) groups excluding carboxylic acids is 3. The number of Topliss-reactive ketones (excluding diaryl/α,β-unsaturated/α-hetero) is 1. The first-order valence-electron chi connectivity index (χ1n) is 8.34. The van der Waals surface area contributed by atoms with Gasteiger partial charge in [-0.1, -0.05) is 12.1 Å². The van der Waals surface area contributed by atoms with E-state index in [1.165, 1.54) is 11.8 Å². The van der Waals surface area contributed by atoms with Gasteiger partial charge in [0.15, 0.2) is 11.9 Å². The van der Waals surface area contributed by atoms with Crippen LogP contribution in [0.5, 0.6) is 5.75 Å². The molecule has 2 amide bonds. The third-order valence-electron chi connectivity index (χ3n) is 4.18. The Morgan fingerprint density at radius 1 is 1.19 bits per heavy atom. The Hall–Kier alpha value is -3.15. The summed E-state index contributed by atoms with van der Waals surface area (Å²) >= 11 is 0. The topological polar surface area (TPSA) is 75.7 Å². The zero-order valence-electron chi connectivity index (χ0n) is 14.9. The fourth-order valence-corrected chi connectivity index (χ4v) is 2.86. The summed E-state index contributed by atoms with van der Waals surface area (Å²) in [6.07, 6.45) is -0.697. The maximum Gasteiger partial charge on any atom is 0.268 e. The molecule has 6 nitrogen and oxygen atoms in total. The number of ether oxygens (including phenoxy) is 1. The molecule has 6 heteroatoms. The number of hydrogen-bond donors (Lipinski definition) is 1. The van der Waals surface area contributed by atoms with E-state index in [-0.39, 0.29) is 24.1 Å². The summed E-state index contributed by atoms with van der Waals surface area (Å²) in [5.41, 5.74) is 2.58. The van der Waals surface area contributed by atoms with E-state index >= 15 is 0 Å². The van der Waals surface area contributed by atoms with Crippen LogP contribution < -0.4 is 15.0 Å². The predicted octanol–water partition coefficient (Wildman–Crippen LogP) is 2.95. The molecule has 2 aromatic rings. The molecule has 0 saturated heterocycles. The van der Waals surface area contributed by atoms with Crippen molar-refractivity contribution in [1.82, 2.24) is 0 Å². The minimum Gasteiger partial charge on any atom is -0.479 e. The van der Waals surface area contributed by atoms with Crippen molar-refractivity contribution < 1.29 is 19.1 Å². The van der Waals surface area contributed by atoms with Crippen LogP contribution in [0.15, 0.2) is 42.5 Å². The highest BCUT2D eigenvalue weighted by molar-refractivity contribution is 6.07. The number of ketones is 1. The van der Waals surface area contributed by atoms with Crippen LogP contribution in [0.2, 0.25) is 0 Å². The van der Waals surface area contributed by atoms with Crippen molar-refractivity contribution in [3.63, 3.8) is 0 Å². The minimum absolute atomic E-state index is 0.122. The average molecular weight is 352 g/mol. The van der Waals surface area contributed by atoms with Gasteiger partial charge >= 0.3 is 0 Å². The van der Waals surface area contributed by atoms with Gasteiger partial charge in [-0.25, -0.2) is 0 Å². The number of rotatable bonds is 4. The van der Waals surface area contributed by atoms with E-state index in [2.05, 4.69) is 5.32 Å². The maximum absolute atomic E-state index is 12.5. The highest BCUT2D eigenvalue weighted by Gasteiger charge is 2.33. The van der Waals surface area contributed by atoms with Gasteiger partial charge in [0, 0.05) is 11.3 Å². The summed E-state index contributed by atoms with van der Waals surface area (Å²) in [5.74, 6) is -0.289. The molecule has 1 unspecified atom stereocenters. The molecule has 2 aromatic carbocycles. The number of aryl methyl sites for hydroxylation is 1. The summed E-state index contributed by atoms with van der Waals surface area (Å²) in [6, 6.07) is 12.3. The molecule has 0 fully saturated rings. The third kappa shape index (κ3) is 3.59. The first-order chi connectivity index (χ1) is 12.3. The normalized spacial score (nSPS) is 15.9. The van der Waals surface area contributed by atoms with Gasteiger partial charge in [0.05, 0.1) is 5.69 Å². The monoisotopic (exact) mass is 352 g/mol. The van der Waals surface area contributed by atoms with Crippen molar-refractivity contribution in [2.75, 3.05) is 16.8 Å². The Kier molecular flexibility index (Phi) is 4.75. The third-order valence-corrected chi connectivity index (χ3v) is 4.18. The van der Waals surface area contributed by atoms with E-state index in [1.54, 1.807) is 31.2 Å². The molecule has 0 spiro atoms. The molecule has 1 N–H and O–H groups in total. The smallest absolute Gasteiger partial charge is 0.268 e. The number of anilines is 2. The maximum atomic E-state index is 12.5. The molecular formula is C20H20N2O4. The molecule has 0 aromatic heterocycles. The van der Waals surface area contributed by atoms with Gasteiger partial charge in [-0.2, -0.15) is 0 Å². The summed E-state index contributed by atoms with van der Waals surface area (Å²) in [6.45, 7) is 4.86. The second kappa shape index (κ2) is 7.00. The van der Waals surface area contributed by atoms with Crippen LogP contribution in [0.3, 0.4) is 0 Å². The number of carbonyl (C=O) groups is 3. The van der Waals surface area contributed by atoms with Crippen molar-refractivity contribution in [2.24, 2.45) is 0 Å². The number of hydrogen-bond acceptors (Lipinski definition) is 4. The molecule has 0 radical (unpaired) electrons. The number of nitrogens with one attached hydrogen (secondary N) is 1. The van der Waals surface area contributed by atoms with Gasteiger partial charge in [0.1, 0.15) is 12.3 Å². The van der Waals surface area contributed by atoms with E-state index in [0.29, 0.717) is 22.7 Å². The number of amides is 2. The SMILES string of the molecule is CC(=O)c1ccc2c(c1)N(CC(=O)Nc1cccc(C)c1)C(=O)C(C)O2. The second-order valence-corrected chi connectivity index (χ2v) is 6.34. The summed E-state index contributed by atoms with van der Waals surface area (Å²) in [7, 11) is 0. The van der Waals surface area contributed by atoms with E-state index in [0.717, 1.165) is 5.56 Å². The Morgan fingerprint density at radius 3 is 2.65 bits per heavy atom. The molecule has 26 heavy (non-hydrogen) atoms. The molecule has 1 heterocycles. The van der Waals surface area contributed by atoms with Gasteiger partial charge < -0.3 is 10.1 Å². The quantitative estimate of drug-likeness (QED) is 0.859. The van der Waals surface area contributed by atoms with Crippen molar-refractivity contribution in [3.05, 3.63) is 53.6 Å². The molecule has 1 aliphatic heterocycles. The van der Waals surface area contributed by atoms with Crippen molar-refractivity contribution in [1.29, 1.82) is 0 Å². The summed E-state index contributed by atoms with van der Waals surface area (Å²) < 4.78 is 5.59. The second-order valence-electron chi connectivity index (χ2n) is 6.34. The zero-order valence-corrected chi connectivity index (χ0v) is 14.9. The molecule has 1 aliphatic rings. The van der Waals surface area contributed by atoms with Crippen molar-refractivity contribution >= 4 is 29.0 Å². The molecule has 1 atom stereocenters. The fraction of sp³-hybridized carbons (Fsp3) is 0.250. The number of fused-ring (bicyclic) bond motifs is 1. The Morgan fingerprint density at radius 2 is 1.96 bits per heavy atom. The Labute approximate surface area is 151 Å². The molecule has 134 valence electrons. The standard InChI is InChI=1S/C20H20N2O4/c1-12-5-4-6-16(9-12)21-19(24)11-22-17-10-15(13(2)23)7-8-18(17)26-14(3)20(22)25/h4-10,14H,11H2,1-3H3,(H,21,24). The number of nitrogens with zero attached hydrogens (tertiary/aromatic N) is 1. The first-order valence-corrected chi connectivity index (χ1v) is 8.34. The average Bonchev–Trinajstić information content (AvgIpc) is 2.58. The largest absolute Gasteiger partial charge is 0.479 e. The molecule has 0 bridgehead atoms. The van der Waals surface area contributed by atoms with Crippen molar-refractivity contribution in [2.45, 2.75) is 26.9 Å². The molecule has 0 aliphatic carbocycles. The van der Waals surface area contributed by atoms with Crippen LogP contribution in [0.25, 0.3) is 0 Å². The predicted molar refractivity (Wildman–Crippen MR) is 98.7 cm³/mol. The first kappa shape index (κ1) is 17.7. The van der Waals surface area contributed by atoms with Gasteiger partial charge in [-0.15, -0.1) is 0 Å². The summed E-state index contributed by atoms with van der Waals surface area (Å²) in [4.78, 5) is 38.0. The van der Waals surface area contributed by atoms with Crippen molar-refractivity contribution in [3.8, 4) is 5.75 Å². The van der Waals surface area contributed by atoms with E-state index in [9.17, 15) is 14.4 Å². The summed E-state index contributed by atoms with van der Waals surface area (Å²) in [5, 5.41) is 2.79. The molecule has 0 saturated carbocycles. The van der Waals surface area contributed by atoms with E-state index in [1.807, 2.05) is 25.1 Å². The lowest BCUT2D eigenvalue weighted by Crippen LogP contribution is -2.47. The lowest BCUT2D eigenvalue weighted by atomic mass is 10.1. The van der Waals surface area contributed by atoms with Crippen LogP contribution in [0.1, 0.15) is 29.8 Å². The van der Waals surface area contributed by atoms with Crippen LogP contribution in [-0.2, 0) is 9.59 Å². The Balaban J connectivity index is 1.86. The Bertz CT molecular complexity index is 891. The lowest BCUT2D eigenvalue weighted by molar-refractivity contribution is -0.127. The lowest BCUT2D eigenvalue weighted by Gasteiger charge is -2.32. The van der Waals surface area contributed by atoms with Crippen LogP contribution in [-0.4, -0.2) is 30.2 Å². The van der Waals surface area contributed by atoms with Crippen LogP contribution >= 0.6 is 0 Å². The zero-order chi connectivity index (χ0) is 18.8. The number of benzene rings is 2. The van der Waals surface area contributed by atoms with E-state index in [4.69, 9.17) is 4.74 Å². The van der Waals surface area contributed by atoms with Crippen LogP contribution in [0, 0.1) is 6.92 Å². The van der Waals surface area contributed by atoms with E-state index < -0.39 is 6.10 Å². The molecule has 3 rings (SSSR count). The fourth-order valence-electron chi connectivity index (χ4n) is 2.86. The highest BCUT2D eigenvalue weighted by atomic mass is 16.5.